The lowest BCUT2D eigenvalue weighted by molar-refractivity contribution is -0.138. The average molecular weight is 581 g/mol. The molecule has 2 aromatic rings. The number of hydrogen-bond donors (Lipinski definition) is 3. The Kier molecular flexibility index (Phi) is 9.75. The molecule has 0 bridgehead atoms. The number of nitrogens with one attached hydrogen (secondary N) is 3. The van der Waals surface area contributed by atoms with E-state index in [1.807, 2.05) is 32.0 Å². The fraction of sp³-hybridized carbons (Fsp3) is 0.594. The number of hydrogen-bond acceptors (Lipinski definition) is 7. The van der Waals surface area contributed by atoms with Gasteiger partial charge >= 0.3 is 0 Å². The van der Waals surface area contributed by atoms with Crippen molar-refractivity contribution in [1.29, 1.82) is 0 Å². The minimum Gasteiger partial charge on any atom is -0.496 e. The molecule has 42 heavy (non-hydrogen) atoms. The zero-order valence-electron chi connectivity index (χ0n) is 25.2. The van der Waals surface area contributed by atoms with Gasteiger partial charge in [-0.3, -0.25) is 24.9 Å². The van der Waals surface area contributed by atoms with Crippen molar-refractivity contribution in [3.63, 3.8) is 0 Å². The third-order valence-electron chi connectivity index (χ3n) is 9.31. The zero-order valence-corrected chi connectivity index (χ0v) is 25.2. The number of pyridine rings is 1. The summed E-state index contributed by atoms with van der Waals surface area (Å²) in [4.78, 5) is 35.2. The number of hydrazine groups is 1. The van der Waals surface area contributed by atoms with Gasteiger partial charge in [0.2, 0.25) is 11.8 Å². The van der Waals surface area contributed by atoms with Crippen molar-refractivity contribution in [3.05, 3.63) is 59.2 Å². The molecular formula is C32H45FN6O3. The van der Waals surface area contributed by atoms with Gasteiger partial charge in [-0.2, -0.15) is 0 Å². The summed E-state index contributed by atoms with van der Waals surface area (Å²) >= 11 is 0. The molecule has 2 amide bonds. The first-order valence-corrected chi connectivity index (χ1v) is 15.3. The van der Waals surface area contributed by atoms with Crippen LogP contribution in [-0.2, 0) is 16.1 Å². The molecule has 10 heteroatoms. The second kappa shape index (κ2) is 13.5. The Balaban J connectivity index is 1.27. The summed E-state index contributed by atoms with van der Waals surface area (Å²) in [6.45, 7) is 5.41. The number of amides is 2. The van der Waals surface area contributed by atoms with Crippen LogP contribution < -0.4 is 20.9 Å². The van der Waals surface area contributed by atoms with Crippen LogP contribution in [0.25, 0.3) is 0 Å². The molecule has 3 aliphatic rings. The largest absolute Gasteiger partial charge is 0.496 e. The van der Waals surface area contributed by atoms with Crippen molar-refractivity contribution in [2.75, 3.05) is 27.2 Å². The summed E-state index contributed by atoms with van der Waals surface area (Å²) in [6.07, 6.45) is 6.57. The predicted octanol–water partition coefficient (Wildman–Crippen LogP) is 3.49. The summed E-state index contributed by atoms with van der Waals surface area (Å²) in [6, 6.07) is 8.93. The number of piperidine rings is 1. The summed E-state index contributed by atoms with van der Waals surface area (Å²) in [7, 11) is 3.35. The van der Waals surface area contributed by atoms with E-state index in [2.05, 4.69) is 33.3 Å². The molecule has 9 nitrogen and oxygen atoms in total. The summed E-state index contributed by atoms with van der Waals surface area (Å²) in [5.41, 5.74) is 9.53. The second-order valence-electron chi connectivity index (χ2n) is 12.2. The fourth-order valence-corrected chi connectivity index (χ4v) is 7.11. The summed E-state index contributed by atoms with van der Waals surface area (Å²) < 4.78 is 20.4. The third-order valence-corrected chi connectivity index (χ3v) is 9.31. The molecule has 0 radical (unpaired) electrons. The molecule has 1 aromatic carbocycles. The maximum atomic E-state index is 14.9. The van der Waals surface area contributed by atoms with Crippen LogP contribution in [0.3, 0.4) is 0 Å². The molecular weight excluding hydrogens is 535 g/mol. The molecule has 2 aliphatic heterocycles. The first-order valence-electron chi connectivity index (χ1n) is 15.3. The number of halogens is 1. The maximum absolute atomic E-state index is 14.9. The molecule has 1 aromatic heterocycles. The quantitative estimate of drug-likeness (QED) is 0.418. The van der Waals surface area contributed by atoms with E-state index in [1.165, 1.54) is 18.7 Å². The first-order chi connectivity index (χ1) is 20.3. The van der Waals surface area contributed by atoms with Gasteiger partial charge in [0, 0.05) is 62.1 Å². The highest BCUT2D eigenvalue weighted by Gasteiger charge is 2.43. The van der Waals surface area contributed by atoms with Crippen LogP contribution in [0.2, 0.25) is 0 Å². The number of carbonyl (C=O) groups excluding carboxylic acids is 2. The number of aromatic nitrogens is 1. The molecule has 6 atom stereocenters. The lowest BCUT2D eigenvalue weighted by Crippen LogP contribution is -2.57. The monoisotopic (exact) mass is 580 g/mol. The number of aryl methyl sites for hydroxylation is 1. The van der Waals surface area contributed by atoms with Crippen molar-refractivity contribution < 1.29 is 18.7 Å². The summed E-state index contributed by atoms with van der Waals surface area (Å²) in [5.74, 6) is 0.448. The van der Waals surface area contributed by atoms with Gasteiger partial charge in [0.1, 0.15) is 11.6 Å². The SMILES string of the molecule is CCCN(C)C(=O)[C@@H]1CC[C@@H](NC(=O)C2CCC3NNC(c4ccnc(C)c4)C3C2)CN1Cc1c(F)cccc1OC. The van der Waals surface area contributed by atoms with Gasteiger partial charge in [-0.1, -0.05) is 13.0 Å². The molecule has 4 unspecified atom stereocenters. The first kappa shape index (κ1) is 30.4. The van der Waals surface area contributed by atoms with E-state index in [0.717, 1.165) is 31.4 Å². The number of methoxy groups -OCH3 is 1. The Morgan fingerprint density at radius 3 is 2.79 bits per heavy atom. The highest BCUT2D eigenvalue weighted by molar-refractivity contribution is 5.82. The number of benzene rings is 1. The summed E-state index contributed by atoms with van der Waals surface area (Å²) in [5, 5.41) is 3.32. The Labute approximate surface area is 248 Å². The van der Waals surface area contributed by atoms with Gasteiger partial charge in [-0.15, -0.1) is 0 Å². The van der Waals surface area contributed by atoms with Crippen LogP contribution in [0.4, 0.5) is 4.39 Å². The molecule has 3 fully saturated rings. The van der Waals surface area contributed by atoms with Gasteiger partial charge < -0.3 is 15.0 Å². The number of fused-ring (bicyclic) bond motifs is 1. The number of likely N-dealkylation sites (N-methyl/N-ethyl adjacent to an activating group) is 1. The minimum atomic E-state index is -0.380. The van der Waals surface area contributed by atoms with E-state index in [1.54, 1.807) is 17.0 Å². The van der Waals surface area contributed by atoms with Crippen LogP contribution in [0.1, 0.15) is 68.3 Å². The van der Waals surface area contributed by atoms with E-state index < -0.39 is 0 Å². The van der Waals surface area contributed by atoms with E-state index in [9.17, 15) is 14.0 Å². The number of carbonyl (C=O) groups is 2. The van der Waals surface area contributed by atoms with Gasteiger partial charge in [0.15, 0.2) is 0 Å². The smallest absolute Gasteiger partial charge is 0.239 e. The molecule has 228 valence electrons. The van der Waals surface area contributed by atoms with Crippen LogP contribution in [-0.4, -0.2) is 72.0 Å². The number of nitrogens with zero attached hydrogens (tertiary/aromatic N) is 3. The van der Waals surface area contributed by atoms with Crippen molar-refractivity contribution in [1.82, 2.24) is 31.0 Å². The van der Waals surface area contributed by atoms with Crippen molar-refractivity contribution in [2.45, 2.75) is 83.1 Å². The number of likely N-dealkylation sites (tertiary alicyclic amines) is 1. The van der Waals surface area contributed by atoms with Crippen molar-refractivity contribution >= 4 is 11.8 Å². The third kappa shape index (κ3) is 6.61. The number of ether oxygens (including phenoxy) is 1. The molecule has 3 N–H and O–H groups in total. The maximum Gasteiger partial charge on any atom is 0.239 e. The van der Waals surface area contributed by atoms with Crippen molar-refractivity contribution in [2.24, 2.45) is 11.8 Å². The predicted molar refractivity (Wildman–Crippen MR) is 159 cm³/mol. The molecule has 0 spiro atoms. The van der Waals surface area contributed by atoms with E-state index >= 15 is 0 Å². The van der Waals surface area contributed by atoms with Crippen LogP contribution >= 0.6 is 0 Å². The lowest BCUT2D eigenvalue weighted by Gasteiger charge is -2.41. The van der Waals surface area contributed by atoms with Gasteiger partial charge in [-0.25, -0.2) is 9.82 Å². The van der Waals surface area contributed by atoms with Gasteiger partial charge in [-0.05, 0) is 81.2 Å². The second-order valence-corrected chi connectivity index (χ2v) is 12.2. The molecule has 2 saturated heterocycles. The standard InChI is InChI=1S/C32H45FN6O3/c1-5-15-38(3)32(41)28-12-10-23(18-39(28)19-25-26(33)7-6-8-29(25)42-4)35-31(40)22-9-11-27-24(17-22)30(37-36-27)21-13-14-34-20(2)16-21/h6-8,13-14,16,22-24,27-28,30,36-37H,5,9-12,15,17-19H2,1-4H3,(H,35,40)/t22?,23-,24?,27?,28+,30?/m1/s1. The topological polar surface area (TPSA) is 98.8 Å². The van der Waals surface area contributed by atoms with E-state index in [0.29, 0.717) is 49.2 Å². The van der Waals surface area contributed by atoms with Crippen molar-refractivity contribution in [3.8, 4) is 5.75 Å². The van der Waals surface area contributed by atoms with E-state index in [4.69, 9.17) is 4.74 Å². The molecule has 5 rings (SSSR count). The van der Waals surface area contributed by atoms with Gasteiger partial charge in [0.25, 0.3) is 0 Å². The minimum absolute atomic E-state index is 0.0360. The fourth-order valence-electron chi connectivity index (χ4n) is 7.11. The Morgan fingerprint density at radius 1 is 1.19 bits per heavy atom. The molecule has 1 aliphatic carbocycles. The molecule has 3 heterocycles. The Bertz CT molecular complexity index is 1260. The van der Waals surface area contributed by atoms with Gasteiger partial charge in [0.05, 0.1) is 19.2 Å². The highest BCUT2D eigenvalue weighted by atomic mass is 19.1. The Morgan fingerprint density at radius 2 is 2.02 bits per heavy atom. The van der Waals surface area contributed by atoms with Crippen LogP contribution in [0, 0.1) is 24.6 Å². The highest BCUT2D eigenvalue weighted by Crippen LogP contribution is 2.40. The normalized spacial score (nSPS) is 27.7. The number of rotatable bonds is 9. The zero-order chi connectivity index (χ0) is 29.8. The average Bonchev–Trinajstić information content (AvgIpc) is 3.41. The van der Waals surface area contributed by atoms with Crippen LogP contribution in [0.5, 0.6) is 5.75 Å². The molecule has 1 saturated carbocycles. The van der Waals surface area contributed by atoms with E-state index in [-0.39, 0.29) is 48.2 Å². The van der Waals surface area contributed by atoms with Crippen LogP contribution in [0.15, 0.2) is 36.5 Å². The Hall–Kier alpha value is -3.08. The lowest BCUT2D eigenvalue weighted by atomic mass is 9.74.